The Morgan fingerprint density at radius 2 is 1.72 bits per heavy atom. The highest BCUT2D eigenvalue weighted by molar-refractivity contribution is 9.10. The van der Waals surface area contributed by atoms with Crippen molar-refractivity contribution >= 4 is 44.5 Å². The number of rotatable bonds is 7. The summed E-state index contributed by atoms with van der Waals surface area (Å²) in [4.78, 5) is 37.8. The highest BCUT2D eigenvalue weighted by Crippen LogP contribution is 2.42. The van der Waals surface area contributed by atoms with Crippen molar-refractivity contribution in [3.63, 3.8) is 0 Å². The van der Waals surface area contributed by atoms with E-state index in [4.69, 9.17) is 9.47 Å². The van der Waals surface area contributed by atoms with Crippen LogP contribution in [0.5, 0.6) is 0 Å². The number of ether oxygens (including phenoxy) is 2. The molecule has 0 spiro atoms. The maximum absolute atomic E-state index is 13.8. The van der Waals surface area contributed by atoms with E-state index >= 15 is 0 Å². The van der Waals surface area contributed by atoms with Gasteiger partial charge in [0, 0.05) is 33.5 Å². The van der Waals surface area contributed by atoms with E-state index < -0.39 is 40.4 Å². The van der Waals surface area contributed by atoms with Crippen molar-refractivity contribution in [2.45, 2.75) is 30.1 Å². The summed E-state index contributed by atoms with van der Waals surface area (Å²) in [6, 6.07) is 7.57. The maximum atomic E-state index is 13.8. The SMILES string of the molecule is COC(=O)C(CC(c1ccc(F)cc1Br)c1ccc(S(C)=O)c2c1CCC2=O)C(=O)OC. The fourth-order valence-electron chi connectivity index (χ4n) is 4.16. The lowest BCUT2D eigenvalue weighted by Gasteiger charge is -2.25. The van der Waals surface area contributed by atoms with Crippen LogP contribution >= 0.6 is 15.9 Å². The van der Waals surface area contributed by atoms with Gasteiger partial charge in [0.05, 0.1) is 25.0 Å². The van der Waals surface area contributed by atoms with Gasteiger partial charge >= 0.3 is 11.9 Å². The van der Waals surface area contributed by atoms with E-state index in [0.29, 0.717) is 32.5 Å². The molecule has 3 rings (SSSR count). The zero-order chi connectivity index (χ0) is 23.6. The van der Waals surface area contributed by atoms with Gasteiger partial charge in [0.2, 0.25) is 0 Å². The molecule has 1 aliphatic carbocycles. The van der Waals surface area contributed by atoms with Crippen molar-refractivity contribution in [3.8, 4) is 0 Å². The third-order valence-electron chi connectivity index (χ3n) is 5.66. The van der Waals surface area contributed by atoms with Gasteiger partial charge in [-0.25, -0.2) is 4.39 Å². The number of fused-ring (bicyclic) bond motifs is 1. The van der Waals surface area contributed by atoms with Crippen molar-refractivity contribution in [2.75, 3.05) is 20.5 Å². The highest BCUT2D eigenvalue weighted by Gasteiger charge is 2.36. The summed E-state index contributed by atoms with van der Waals surface area (Å²) in [5.41, 5.74) is 2.51. The zero-order valence-electron chi connectivity index (χ0n) is 17.8. The lowest BCUT2D eigenvalue weighted by atomic mass is 9.80. The smallest absolute Gasteiger partial charge is 0.320 e. The first-order valence-corrected chi connectivity index (χ1v) is 12.2. The van der Waals surface area contributed by atoms with Gasteiger partial charge in [0.1, 0.15) is 5.82 Å². The Balaban J connectivity index is 2.22. The van der Waals surface area contributed by atoms with Gasteiger partial charge in [-0.15, -0.1) is 0 Å². The Morgan fingerprint density at radius 3 is 2.28 bits per heavy atom. The second-order valence-electron chi connectivity index (χ2n) is 7.44. The first-order valence-electron chi connectivity index (χ1n) is 9.82. The number of ketones is 1. The maximum Gasteiger partial charge on any atom is 0.320 e. The predicted octanol–water partition coefficient (Wildman–Crippen LogP) is 3.94. The number of methoxy groups -OCH3 is 2. The Kier molecular flexibility index (Phi) is 7.61. The number of carbonyl (C=O) groups excluding carboxylic acids is 3. The first-order chi connectivity index (χ1) is 15.2. The van der Waals surface area contributed by atoms with Crippen LogP contribution in [-0.2, 0) is 36.3 Å². The molecule has 170 valence electrons. The van der Waals surface area contributed by atoms with Crippen molar-refractivity contribution in [3.05, 3.63) is 62.9 Å². The molecular formula is C23H22BrFO6S. The van der Waals surface area contributed by atoms with Gasteiger partial charge in [-0.3, -0.25) is 18.6 Å². The van der Waals surface area contributed by atoms with E-state index in [1.807, 2.05) is 0 Å². The molecule has 1 aliphatic rings. The van der Waals surface area contributed by atoms with Gasteiger partial charge in [-0.05, 0) is 47.7 Å². The average Bonchev–Trinajstić information content (AvgIpc) is 3.15. The number of benzene rings is 2. The Bertz CT molecular complexity index is 1100. The second-order valence-corrected chi connectivity index (χ2v) is 9.64. The highest BCUT2D eigenvalue weighted by atomic mass is 79.9. The minimum atomic E-state index is -1.36. The van der Waals surface area contributed by atoms with E-state index in [-0.39, 0.29) is 18.6 Å². The molecule has 2 aromatic rings. The van der Waals surface area contributed by atoms with Crippen LogP contribution in [0, 0.1) is 11.7 Å². The molecule has 0 bridgehead atoms. The predicted molar refractivity (Wildman–Crippen MR) is 120 cm³/mol. The molecule has 0 radical (unpaired) electrons. The normalized spacial score (nSPS) is 14.8. The largest absolute Gasteiger partial charge is 0.468 e. The molecule has 6 nitrogen and oxygen atoms in total. The molecule has 0 aromatic heterocycles. The van der Waals surface area contributed by atoms with Crippen LogP contribution < -0.4 is 0 Å². The number of carbonyl (C=O) groups is 3. The lowest BCUT2D eigenvalue weighted by Crippen LogP contribution is -2.29. The molecule has 32 heavy (non-hydrogen) atoms. The zero-order valence-corrected chi connectivity index (χ0v) is 20.2. The summed E-state index contributed by atoms with van der Waals surface area (Å²) in [7, 11) is 1.01. The molecule has 0 amide bonds. The van der Waals surface area contributed by atoms with Crippen LogP contribution in [0.4, 0.5) is 4.39 Å². The molecule has 2 atom stereocenters. The summed E-state index contributed by atoms with van der Waals surface area (Å²) >= 11 is 3.39. The summed E-state index contributed by atoms with van der Waals surface area (Å²) in [5.74, 6) is -3.83. The molecular weight excluding hydrogens is 503 g/mol. The number of halogens is 2. The summed E-state index contributed by atoms with van der Waals surface area (Å²) < 4.78 is 36.1. The van der Waals surface area contributed by atoms with E-state index in [9.17, 15) is 23.0 Å². The molecule has 2 unspecified atom stereocenters. The van der Waals surface area contributed by atoms with E-state index in [0.717, 1.165) is 5.56 Å². The van der Waals surface area contributed by atoms with Gasteiger partial charge in [0.15, 0.2) is 11.7 Å². The number of hydrogen-bond acceptors (Lipinski definition) is 6. The van der Waals surface area contributed by atoms with Crippen LogP contribution in [0.15, 0.2) is 39.7 Å². The van der Waals surface area contributed by atoms with Crippen molar-refractivity contribution in [1.29, 1.82) is 0 Å². The van der Waals surface area contributed by atoms with Gasteiger partial charge in [-0.2, -0.15) is 0 Å². The van der Waals surface area contributed by atoms with Gasteiger partial charge < -0.3 is 9.47 Å². The fraction of sp³-hybridized carbons (Fsp3) is 0.348. The molecule has 0 saturated carbocycles. The lowest BCUT2D eigenvalue weighted by molar-refractivity contribution is -0.159. The molecule has 0 aliphatic heterocycles. The van der Waals surface area contributed by atoms with E-state index in [1.165, 1.54) is 32.6 Å². The summed E-state index contributed by atoms with van der Waals surface area (Å²) in [6.07, 6.45) is 2.23. The summed E-state index contributed by atoms with van der Waals surface area (Å²) in [5, 5.41) is 0. The van der Waals surface area contributed by atoms with Gasteiger partial charge in [0.25, 0.3) is 0 Å². The molecule has 0 fully saturated rings. The van der Waals surface area contributed by atoms with Crippen LogP contribution in [0.25, 0.3) is 0 Å². The van der Waals surface area contributed by atoms with Crippen LogP contribution in [0.1, 0.15) is 45.8 Å². The Morgan fingerprint density at radius 1 is 1.09 bits per heavy atom. The van der Waals surface area contributed by atoms with Crippen LogP contribution in [0.2, 0.25) is 0 Å². The number of hydrogen-bond donors (Lipinski definition) is 0. The van der Waals surface area contributed by atoms with Gasteiger partial charge in [-0.1, -0.05) is 28.1 Å². The summed E-state index contributed by atoms with van der Waals surface area (Å²) in [6.45, 7) is 0. The van der Waals surface area contributed by atoms with E-state index in [2.05, 4.69) is 15.9 Å². The minimum absolute atomic E-state index is 0.0151. The standard InChI is InChI=1S/C23H22BrFO6S/c1-30-22(27)17(23(28)31-2)11-16(14-5-4-12(25)10-18(14)24)13-7-9-20(32(3)29)21-15(13)6-8-19(21)26/h4-5,7,9-10,16-17H,6,8,11H2,1-3H3. The third kappa shape index (κ3) is 4.68. The quantitative estimate of drug-likeness (QED) is 0.402. The van der Waals surface area contributed by atoms with E-state index in [1.54, 1.807) is 18.2 Å². The molecule has 0 heterocycles. The molecule has 0 saturated heterocycles. The number of esters is 2. The second kappa shape index (κ2) is 10.0. The van der Waals surface area contributed by atoms with Crippen LogP contribution in [0.3, 0.4) is 0 Å². The van der Waals surface area contributed by atoms with Crippen molar-refractivity contribution < 1.29 is 32.5 Å². The Hall–Kier alpha value is -2.39. The third-order valence-corrected chi connectivity index (χ3v) is 7.30. The first kappa shape index (κ1) is 24.3. The monoisotopic (exact) mass is 524 g/mol. The average molecular weight is 525 g/mol. The minimum Gasteiger partial charge on any atom is -0.468 e. The molecule has 9 heteroatoms. The molecule has 2 aromatic carbocycles. The Labute approximate surface area is 196 Å². The fourth-order valence-corrected chi connectivity index (χ4v) is 5.57. The van der Waals surface area contributed by atoms with Crippen molar-refractivity contribution in [2.24, 2.45) is 5.92 Å². The number of Topliss-reactive ketones (excluding diaryl/α,β-unsaturated/α-hetero) is 1. The topological polar surface area (TPSA) is 86.7 Å². The van der Waals surface area contributed by atoms with Crippen LogP contribution in [-0.4, -0.2) is 42.4 Å². The van der Waals surface area contributed by atoms with Crippen molar-refractivity contribution in [1.82, 2.24) is 0 Å². The molecule has 0 N–H and O–H groups in total.